The van der Waals surface area contributed by atoms with E-state index in [0.717, 1.165) is 17.7 Å². The molecule has 28 heavy (non-hydrogen) atoms. The Morgan fingerprint density at radius 2 is 1.61 bits per heavy atom. The van der Waals surface area contributed by atoms with Gasteiger partial charge in [-0.05, 0) is 30.4 Å². The van der Waals surface area contributed by atoms with E-state index in [4.69, 9.17) is 14.2 Å². The molecule has 1 aliphatic rings. The molecule has 0 bridgehead atoms. The van der Waals surface area contributed by atoms with E-state index >= 15 is 0 Å². The van der Waals surface area contributed by atoms with E-state index in [1.165, 1.54) is 63.5 Å². The summed E-state index contributed by atoms with van der Waals surface area (Å²) < 4.78 is 16.3. The van der Waals surface area contributed by atoms with E-state index in [1.807, 2.05) is 17.8 Å². The molecular formula is C23H36O4S. The molecule has 0 amide bonds. The lowest BCUT2D eigenvalue weighted by Crippen LogP contribution is -2.00. The Morgan fingerprint density at radius 3 is 2.25 bits per heavy atom. The van der Waals surface area contributed by atoms with Crippen LogP contribution in [0.3, 0.4) is 0 Å². The molecule has 0 saturated carbocycles. The molecule has 0 spiro atoms. The second-order valence-corrected chi connectivity index (χ2v) is 8.64. The smallest absolute Gasteiger partial charge is 0.342 e. The highest BCUT2D eigenvalue weighted by atomic mass is 32.2. The van der Waals surface area contributed by atoms with Crippen LogP contribution in [0.25, 0.3) is 0 Å². The number of unbranched alkanes of at least 4 members (excludes halogenated alkanes) is 8. The van der Waals surface area contributed by atoms with Crippen LogP contribution in [0.1, 0.15) is 93.2 Å². The van der Waals surface area contributed by atoms with Crippen molar-refractivity contribution in [3.63, 3.8) is 0 Å². The SMILES string of the molecule is CCCCCCCCCCCSCCC1OC(=O)c2c(OC)cc(OC)cc21. The minimum absolute atomic E-state index is 0.192. The van der Waals surface area contributed by atoms with E-state index < -0.39 is 0 Å². The molecule has 0 fully saturated rings. The molecule has 4 nitrogen and oxygen atoms in total. The van der Waals surface area contributed by atoms with Gasteiger partial charge in [-0.25, -0.2) is 4.79 Å². The van der Waals surface area contributed by atoms with E-state index in [-0.39, 0.29) is 12.1 Å². The van der Waals surface area contributed by atoms with Crippen molar-refractivity contribution in [1.29, 1.82) is 0 Å². The number of esters is 1. The van der Waals surface area contributed by atoms with Crippen LogP contribution in [0.5, 0.6) is 11.5 Å². The van der Waals surface area contributed by atoms with Gasteiger partial charge in [-0.2, -0.15) is 11.8 Å². The lowest BCUT2D eigenvalue weighted by molar-refractivity contribution is 0.0379. The maximum Gasteiger partial charge on any atom is 0.342 e. The van der Waals surface area contributed by atoms with Crippen LogP contribution in [0.2, 0.25) is 0 Å². The van der Waals surface area contributed by atoms with E-state index in [2.05, 4.69) is 6.92 Å². The number of benzene rings is 1. The Kier molecular flexibility index (Phi) is 10.6. The fourth-order valence-corrected chi connectivity index (χ4v) is 4.63. The number of cyclic esters (lactones) is 1. The van der Waals surface area contributed by atoms with Gasteiger partial charge in [0, 0.05) is 11.6 Å². The summed E-state index contributed by atoms with van der Waals surface area (Å²) in [5.74, 6) is 3.12. The van der Waals surface area contributed by atoms with Crippen LogP contribution >= 0.6 is 11.8 Å². The molecule has 0 aliphatic carbocycles. The Hall–Kier alpha value is -1.36. The molecule has 0 N–H and O–H groups in total. The summed E-state index contributed by atoms with van der Waals surface area (Å²) in [5, 5.41) is 0. The van der Waals surface area contributed by atoms with Crippen molar-refractivity contribution in [2.75, 3.05) is 25.7 Å². The van der Waals surface area contributed by atoms with Crippen molar-refractivity contribution < 1.29 is 19.0 Å². The summed E-state index contributed by atoms with van der Waals surface area (Å²) >= 11 is 1.96. The van der Waals surface area contributed by atoms with Crippen molar-refractivity contribution in [2.24, 2.45) is 0 Å². The summed E-state index contributed by atoms with van der Waals surface area (Å²) in [4.78, 5) is 12.2. The molecule has 2 rings (SSSR count). The number of carbonyl (C=O) groups is 1. The summed E-state index contributed by atoms with van der Waals surface area (Å²) in [5.41, 5.74) is 1.45. The van der Waals surface area contributed by atoms with Gasteiger partial charge in [-0.3, -0.25) is 0 Å². The van der Waals surface area contributed by atoms with Crippen molar-refractivity contribution in [2.45, 2.75) is 77.2 Å². The number of ether oxygens (including phenoxy) is 3. The Bertz CT molecular complexity index is 603. The molecule has 1 aromatic rings. The molecule has 0 aromatic heterocycles. The molecule has 0 saturated heterocycles. The Balaban J connectivity index is 1.63. The zero-order valence-electron chi connectivity index (χ0n) is 17.8. The normalized spacial score (nSPS) is 15.4. The van der Waals surface area contributed by atoms with E-state index in [9.17, 15) is 4.79 Å². The van der Waals surface area contributed by atoms with Crippen LogP contribution in [0.4, 0.5) is 0 Å². The van der Waals surface area contributed by atoms with Gasteiger partial charge in [-0.15, -0.1) is 0 Å². The van der Waals surface area contributed by atoms with Gasteiger partial charge in [0.1, 0.15) is 23.2 Å². The summed E-state index contributed by atoms with van der Waals surface area (Å²) in [6.07, 6.45) is 12.9. The highest BCUT2D eigenvalue weighted by molar-refractivity contribution is 7.99. The number of hydrogen-bond acceptors (Lipinski definition) is 5. The second-order valence-electron chi connectivity index (χ2n) is 7.42. The first-order chi connectivity index (χ1) is 13.7. The number of thioether (sulfide) groups is 1. The van der Waals surface area contributed by atoms with Gasteiger partial charge < -0.3 is 14.2 Å². The molecule has 5 heteroatoms. The lowest BCUT2D eigenvalue weighted by Gasteiger charge is -2.12. The molecule has 1 unspecified atom stereocenters. The number of methoxy groups -OCH3 is 2. The number of fused-ring (bicyclic) bond motifs is 1. The first-order valence-corrected chi connectivity index (χ1v) is 11.9. The minimum Gasteiger partial charge on any atom is -0.497 e. The number of hydrogen-bond donors (Lipinski definition) is 0. The van der Waals surface area contributed by atoms with Crippen LogP contribution < -0.4 is 9.47 Å². The molecule has 158 valence electrons. The third-order valence-electron chi connectivity index (χ3n) is 5.28. The first-order valence-electron chi connectivity index (χ1n) is 10.8. The fourth-order valence-electron chi connectivity index (χ4n) is 3.64. The summed E-state index contributed by atoms with van der Waals surface area (Å²) in [6.45, 7) is 2.26. The molecule has 1 aromatic carbocycles. The van der Waals surface area contributed by atoms with Crippen molar-refractivity contribution in [3.8, 4) is 11.5 Å². The maximum atomic E-state index is 12.2. The molecule has 1 atom stereocenters. The minimum atomic E-state index is -0.288. The van der Waals surface area contributed by atoms with Gasteiger partial charge in [0.15, 0.2) is 0 Å². The first kappa shape index (κ1) is 22.9. The number of rotatable bonds is 15. The topological polar surface area (TPSA) is 44.8 Å². The van der Waals surface area contributed by atoms with Gasteiger partial charge in [-0.1, -0.05) is 58.3 Å². The average molecular weight is 409 g/mol. The molecule has 1 aliphatic heterocycles. The predicted molar refractivity (Wildman–Crippen MR) is 117 cm³/mol. The lowest BCUT2D eigenvalue weighted by atomic mass is 10.0. The summed E-state index contributed by atoms with van der Waals surface area (Å²) in [7, 11) is 3.19. The quantitative estimate of drug-likeness (QED) is 0.243. The zero-order chi connectivity index (χ0) is 20.2. The monoisotopic (exact) mass is 408 g/mol. The van der Waals surface area contributed by atoms with Crippen molar-refractivity contribution in [3.05, 3.63) is 23.3 Å². The fraction of sp³-hybridized carbons (Fsp3) is 0.696. The molecule has 1 heterocycles. The Labute approximate surface area is 174 Å². The van der Waals surface area contributed by atoms with E-state index in [0.29, 0.717) is 17.1 Å². The Morgan fingerprint density at radius 1 is 0.929 bits per heavy atom. The van der Waals surface area contributed by atoms with Crippen molar-refractivity contribution >= 4 is 17.7 Å². The average Bonchev–Trinajstić information content (AvgIpc) is 3.03. The molecule has 0 radical (unpaired) electrons. The largest absolute Gasteiger partial charge is 0.497 e. The predicted octanol–water partition coefficient (Wildman–Crippen LogP) is 6.57. The highest BCUT2D eigenvalue weighted by Gasteiger charge is 2.34. The zero-order valence-corrected chi connectivity index (χ0v) is 18.6. The maximum absolute atomic E-state index is 12.2. The van der Waals surface area contributed by atoms with Crippen molar-refractivity contribution in [1.82, 2.24) is 0 Å². The van der Waals surface area contributed by atoms with Crippen LogP contribution in [0, 0.1) is 0 Å². The van der Waals surface area contributed by atoms with Gasteiger partial charge in [0.05, 0.1) is 14.2 Å². The third kappa shape index (κ3) is 6.91. The van der Waals surface area contributed by atoms with Gasteiger partial charge >= 0.3 is 5.97 Å². The van der Waals surface area contributed by atoms with Gasteiger partial charge in [0.25, 0.3) is 0 Å². The molecular weight excluding hydrogens is 372 g/mol. The number of carbonyl (C=O) groups excluding carboxylic acids is 1. The highest BCUT2D eigenvalue weighted by Crippen LogP contribution is 2.41. The van der Waals surface area contributed by atoms with Crippen LogP contribution in [-0.2, 0) is 4.74 Å². The second kappa shape index (κ2) is 13.0. The summed E-state index contributed by atoms with van der Waals surface area (Å²) in [6, 6.07) is 3.64. The third-order valence-corrected chi connectivity index (χ3v) is 6.38. The van der Waals surface area contributed by atoms with Crippen LogP contribution in [0.15, 0.2) is 12.1 Å². The van der Waals surface area contributed by atoms with Crippen LogP contribution in [-0.4, -0.2) is 31.7 Å². The standard InChI is InChI=1S/C23H36O4S/c1-4-5-6-7-8-9-10-11-12-14-28-15-13-20-19-16-18(25-2)17-21(26-3)22(19)23(24)27-20/h16-17,20H,4-15H2,1-3H3. The van der Waals surface area contributed by atoms with Gasteiger partial charge in [0.2, 0.25) is 0 Å². The van der Waals surface area contributed by atoms with E-state index in [1.54, 1.807) is 20.3 Å².